The Morgan fingerprint density at radius 2 is 2.29 bits per heavy atom. The molecule has 2 N–H and O–H groups in total. The minimum atomic E-state index is -0.570. The Morgan fingerprint density at radius 1 is 1.53 bits per heavy atom. The SMILES string of the molecule is Cc1cc(=O)c(C(=O)Nc2nnn(C)n2)c[nH]1. The summed E-state index contributed by atoms with van der Waals surface area (Å²) in [5.41, 5.74) is 0.329. The number of rotatable bonds is 2. The smallest absolute Gasteiger partial charge is 0.270 e. The maximum absolute atomic E-state index is 11.7. The quantitative estimate of drug-likeness (QED) is 0.725. The number of anilines is 1. The van der Waals surface area contributed by atoms with Crippen molar-refractivity contribution in [2.75, 3.05) is 5.32 Å². The average Bonchev–Trinajstić information content (AvgIpc) is 2.63. The first kappa shape index (κ1) is 11.0. The number of tetrazole rings is 1. The van der Waals surface area contributed by atoms with Crippen molar-refractivity contribution in [3.8, 4) is 0 Å². The number of carbonyl (C=O) groups excluding carboxylic acids is 1. The topological polar surface area (TPSA) is 106 Å². The highest BCUT2D eigenvalue weighted by Gasteiger charge is 2.12. The molecule has 2 rings (SSSR count). The summed E-state index contributed by atoms with van der Waals surface area (Å²) in [6.45, 7) is 1.73. The van der Waals surface area contributed by atoms with E-state index in [9.17, 15) is 9.59 Å². The standard InChI is InChI=1S/C9H10N6O2/c1-5-3-7(16)6(4-10-5)8(17)11-9-12-14-15(2)13-9/h3-4H,1-2H3,(H,10,16)(H,11,13,17). The number of pyridine rings is 1. The predicted octanol–water partition coefficient (Wildman–Crippen LogP) is -0.541. The fourth-order valence-electron chi connectivity index (χ4n) is 1.25. The van der Waals surface area contributed by atoms with Crippen LogP contribution >= 0.6 is 0 Å². The number of hydrogen-bond donors (Lipinski definition) is 2. The van der Waals surface area contributed by atoms with Crippen LogP contribution in [0.15, 0.2) is 17.1 Å². The van der Waals surface area contributed by atoms with Crippen LogP contribution in [-0.4, -0.2) is 31.1 Å². The van der Waals surface area contributed by atoms with E-state index in [2.05, 4.69) is 25.7 Å². The van der Waals surface area contributed by atoms with Crippen molar-refractivity contribution >= 4 is 11.9 Å². The number of aryl methyl sites for hydroxylation is 2. The van der Waals surface area contributed by atoms with Gasteiger partial charge in [0.1, 0.15) is 5.56 Å². The van der Waals surface area contributed by atoms with Gasteiger partial charge < -0.3 is 4.98 Å². The molecule has 2 aromatic heterocycles. The van der Waals surface area contributed by atoms with E-state index in [4.69, 9.17) is 0 Å². The Bertz CT molecular complexity index is 614. The second kappa shape index (κ2) is 4.16. The van der Waals surface area contributed by atoms with Gasteiger partial charge in [-0.1, -0.05) is 5.10 Å². The number of carbonyl (C=O) groups is 1. The lowest BCUT2D eigenvalue weighted by molar-refractivity contribution is 0.102. The number of aromatic amines is 1. The van der Waals surface area contributed by atoms with Crippen molar-refractivity contribution in [3.05, 3.63) is 33.7 Å². The molecule has 8 nitrogen and oxygen atoms in total. The third-order valence-electron chi connectivity index (χ3n) is 2.04. The van der Waals surface area contributed by atoms with Gasteiger partial charge >= 0.3 is 0 Å². The number of aromatic nitrogens is 5. The molecule has 0 spiro atoms. The van der Waals surface area contributed by atoms with Gasteiger partial charge in [-0.3, -0.25) is 14.9 Å². The van der Waals surface area contributed by atoms with Crippen molar-refractivity contribution < 1.29 is 4.79 Å². The van der Waals surface area contributed by atoms with E-state index in [1.54, 1.807) is 14.0 Å². The Hall–Kier alpha value is -2.51. The Labute approximate surface area is 95.7 Å². The lowest BCUT2D eigenvalue weighted by Gasteiger charge is -2.00. The molecular formula is C9H10N6O2. The predicted molar refractivity (Wildman–Crippen MR) is 58.6 cm³/mol. The highest BCUT2D eigenvalue weighted by atomic mass is 16.2. The van der Waals surface area contributed by atoms with Gasteiger partial charge in [0.15, 0.2) is 5.43 Å². The molecule has 0 aromatic carbocycles. The molecule has 0 atom stereocenters. The monoisotopic (exact) mass is 234 g/mol. The van der Waals surface area contributed by atoms with Crippen LogP contribution in [0.2, 0.25) is 0 Å². The number of nitrogens with zero attached hydrogens (tertiary/aromatic N) is 4. The molecule has 88 valence electrons. The van der Waals surface area contributed by atoms with Gasteiger partial charge in [0.2, 0.25) is 0 Å². The maximum atomic E-state index is 11.7. The van der Waals surface area contributed by atoms with Crippen LogP contribution < -0.4 is 10.7 Å². The molecular weight excluding hydrogens is 224 g/mol. The number of H-pyrrole nitrogens is 1. The Kier molecular flexibility index (Phi) is 2.69. The number of hydrogen-bond acceptors (Lipinski definition) is 5. The van der Waals surface area contributed by atoms with Crippen LogP contribution in [0.25, 0.3) is 0 Å². The van der Waals surface area contributed by atoms with Crippen LogP contribution in [0.4, 0.5) is 5.95 Å². The minimum absolute atomic E-state index is 0.00283. The van der Waals surface area contributed by atoms with Gasteiger partial charge in [0.25, 0.3) is 11.9 Å². The molecule has 0 saturated carbocycles. The summed E-state index contributed by atoms with van der Waals surface area (Å²) in [4.78, 5) is 27.2. The molecule has 0 saturated heterocycles. The summed E-state index contributed by atoms with van der Waals surface area (Å²) in [7, 11) is 1.57. The summed E-state index contributed by atoms with van der Waals surface area (Å²) in [6.07, 6.45) is 1.35. The van der Waals surface area contributed by atoms with Gasteiger partial charge in [-0.25, -0.2) is 0 Å². The zero-order valence-corrected chi connectivity index (χ0v) is 9.26. The molecule has 2 heterocycles. The lowest BCUT2D eigenvalue weighted by Crippen LogP contribution is -2.22. The van der Waals surface area contributed by atoms with Gasteiger partial charge in [0, 0.05) is 18.0 Å². The van der Waals surface area contributed by atoms with Gasteiger partial charge in [-0.15, -0.1) is 5.10 Å². The van der Waals surface area contributed by atoms with Crippen molar-refractivity contribution in [1.82, 2.24) is 25.2 Å². The van der Waals surface area contributed by atoms with E-state index in [-0.39, 0.29) is 16.9 Å². The summed E-state index contributed by atoms with van der Waals surface area (Å²) in [6, 6.07) is 1.35. The Morgan fingerprint density at radius 3 is 2.88 bits per heavy atom. The third kappa shape index (κ3) is 2.36. The zero-order chi connectivity index (χ0) is 12.4. The largest absolute Gasteiger partial charge is 0.364 e. The first-order valence-corrected chi connectivity index (χ1v) is 4.81. The van der Waals surface area contributed by atoms with Gasteiger partial charge in [-0.2, -0.15) is 4.80 Å². The highest BCUT2D eigenvalue weighted by Crippen LogP contribution is 1.98. The normalized spacial score (nSPS) is 10.2. The first-order valence-electron chi connectivity index (χ1n) is 4.81. The van der Waals surface area contributed by atoms with E-state index in [1.807, 2.05) is 0 Å². The Balaban J connectivity index is 2.23. The van der Waals surface area contributed by atoms with E-state index in [0.29, 0.717) is 5.69 Å². The van der Waals surface area contributed by atoms with Crippen molar-refractivity contribution in [2.45, 2.75) is 6.92 Å². The molecule has 0 aliphatic rings. The fraction of sp³-hybridized carbons (Fsp3) is 0.222. The molecule has 2 aromatic rings. The van der Waals surface area contributed by atoms with Crippen LogP contribution in [0.3, 0.4) is 0 Å². The zero-order valence-electron chi connectivity index (χ0n) is 9.26. The fourth-order valence-corrected chi connectivity index (χ4v) is 1.25. The number of nitrogens with one attached hydrogen (secondary N) is 2. The molecule has 0 aliphatic heterocycles. The van der Waals surface area contributed by atoms with Gasteiger partial charge in [-0.05, 0) is 12.1 Å². The molecule has 0 aliphatic carbocycles. The second-order valence-corrected chi connectivity index (χ2v) is 3.45. The summed E-state index contributed by atoms with van der Waals surface area (Å²) >= 11 is 0. The molecule has 0 radical (unpaired) electrons. The molecule has 8 heteroatoms. The number of amides is 1. The van der Waals surface area contributed by atoms with Crippen LogP contribution in [0, 0.1) is 6.92 Å². The summed E-state index contributed by atoms with van der Waals surface area (Å²) in [5, 5.41) is 13.3. The van der Waals surface area contributed by atoms with E-state index in [0.717, 1.165) is 0 Å². The van der Waals surface area contributed by atoms with Crippen molar-refractivity contribution in [3.63, 3.8) is 0 Å². The van der Waals surface area contributed by atoms with Gasteiger partial charge in [0.05, 0.1) is 7.05 Å². The summed E-state index contributed by atoms with van der Waals surface area (Å²) in [5.74, 6) is -0.517. The van der Waals surface area contributed by atoms with Crippen molar-refractivity contribution in [2.24, 2.45) is 7.05 Å². The van der Waals surface area contributed by atoms with E-state index in [1.165, 1.54) is 17.1 Å². The van der Waals surface area contributed by atoms with E-state index < -0.39 is 5.91 Å². The van der Waals surface area contributed by atoms with Crippen LogP contribution in [0.5, 0.6) is 0 Å². The van der Waals surface area contributed by atoms with Crippen LogP contribution in [0.1, 0.15) is 16.1 Å². The lowest BCUT2D eigenvalue weighted by atomic mass is 10.2. The van der Waals surface area contributed by atoms with Crippen molar-refractivity contribution in [1.29, 1.82) is 0 Å². The van der Waals surface area contributed by atoms with E-state index >= 15 is 0 Å². The average molecular weight is 234 g/mol. The third-order valence-corrected chi connectivity index (χ3v) is 2.04. The first-order chi connectivity index (χ1) is 8.06. The molecule has 0 bridgehead atoms. The molecule has 0 fully saturated rings. The second-order valence-electron chi connectivity index (χ2n) is 3.45. The minimum Gasteiger partial charge on any atom is -0.364 e. The molecule has 0 unspecified atom stereocenters. The van der Waals surface area contributed by atoms with Crippen LogP contribution in [-0.2, 0) is 7.05 Å². The highest BCUT2D eigenvalue weighted by molar-refractivity contribution is 6.02. The molecule has 1 amide bonds. The summed E-state index contributed by atoms with van der Waals surface area (Å²) < 4.78 is 0. The molecule has 17 heavy (non-hydrogen) atoms. The maximum Gasteiger partial charge on any atom is 0.270 e.